The zero-order valence-electron chi connectivity index (χ0n) is 12.6. The summed E-state index contributed by atoms with van der Waals surface area (Å²) in [5, 5.41) is 8.54. The first-order chi connectivity index (χ1) is 11.2. The van der Waals surface area contributed by atoms with Crippen LogP contribution in [0.3, 0.4) is 0 Å². The van der Waals surface area contributed by atoms with Crippen LogP contribution in [0.4, 0.5) is 0 Å². The van der Waals surface area contributed by atoms with E-state index in [0.29, 0.717) is 32.3 Å². The maximum absolute atomic E-state index is 12.4. The summed E-state index contributed by atoms with van der Waals surface area (Å²) in [4.78, 5) is 17.1. The number of thiophene rings is 1. The standard InChI is InChI=1S/C15H17N3O3S2/c1-20-15-16-7-13(23-15)21-12-5-4-11(22-12)14(19)18-10-6-8-2-3-9(10)17-8/h4-5,7-10,17H,2-3,6H2,1H3,(H,18,19)/t8-,9+,10-/m1/s1. The van der Waals surface area contributed by atoms with Crippen molar-refractivity contribution in [2.45, 2.75) is 37.4 Å². The Morgan fingerprint density at radius 3 is 2.96 bits per heavy atom. The van der Waals surface area contributed by atoms with E-state index in [1.54, 1.807) is 19.4 Å². The minimum absolute atomic E-state index is 0.0221. The molecule has 2 fully saturated rings. The molecule has 4 heterocycles. The monoisotopic (exact) mass is 351 g/mol. The smallest absolute Gasteiger partial charge is 0.276 e. The number of ether oxygens (including phenoxy) is 2. The number of hydrogen-bond donors (Lipinski definition) is 2. The number of thiazole rings is 1. The zero-order chi connectivity index (χ0) is 15.8. The fourth-order valence-electron chi connectivity index (χ4n) is 3.21. The molecule has 23 heavy (non-hydrogen) atoms. The second-order valence-electron chi connectivity index (χ2n) is 5.73. The van der Waals surface area contributed by atoms with Crippen LogP contribution in [0, 0.1) is 0 Å². The summed E-state index contributed by atoms with van der Waals surface area (Å²) in [5.41, 5.74) is 0. The molecule has 2 aliphatic heterocycles. The number of carbonyl (C=O) groups excluding carboxylic acids is 1. The average molecular weight is 351 g/mol. The fourth-order valence-corrected chi connectivity index (χ4v) is 4.63. The van der Waals surface area contributed by atoms with E-state index in [2.05, 4.69) is 15.6 Å². The summed E-state index contributed by atoms with van der Waals surface area (Å²) in [5.74, 6) is -0.0221. The van der Waals surface area contributed by atoms with Gasteiger partial charge >= 0.3 is 0 Å². The number of methoxy groups -OCH3 is 1. The summed E-state index contributed by atoms with van der Waals surface area (Å²) in [7, 11) is 1.57. The molecular formula is C15H17N3O3S2. The normalized spacial score (nSPS) is 25.5. The van der Waals surface area contributed by atoms with Crippen molar-refractivity contribution in [1.29, 1.82) is 0 Å². The van der Waals surface area contributed by atoms with Gasteiger partial charge in [0.1, 0.15) is 0 Å². The van der Waals surface area contributed by atoms with Crippen molar-refractivity contribution >= 4 is 28.6 Å². The highest BCUT2D eigenvalue weighted by molar-refractivity contribution is 7.16. The Kier molecular flexibility index (Phi) is 3.96. The third-order valence-corrected chi connectivity index (χ3v) is 6.06. The van der Waals surface area contributed by atoms with Crippen LogP contribution in [0.25, 0.3) is 0 Å². The minimum atomic E-state index is -0.0221. The van der Waals surface area contributed by atoms with E-state index in [-0.39, 0.29) is 11.9 Å². The van der Waals surface area contributed by atoms with E-state index in [9.17, 15) is 4.79 Å². The van der Waals surface area contributed by atoms with Gasteiger partial charge in [-0.05, 0) is 42.7 Å². The first-order valence-corrected chi connectivity index (χ1v) is 9.19. The predicted molar refractivity (Wildman–Crippen MR) is 88.9 cm³/mol. The van der Waals surface area contributed by atoms with Crippen molar-refractivity contribution in [2.24, 2.45) is 0 Å². The van der Waals surface area contributed by atoms with Gasteiger partial charge in [0.05, 0.1) is 18.2 Å². The molecule has 2 N–H and O–H groups in total. The Morgan fingerprint density at radius 2 is 2.26 bits per heavy atom. The number of aromatic nitrogens is 1. The number of nitrogens with zero attached hydrogens (tertiary/aromatic N) is 1. The summed E-state index contributed by atoms with van der Waals surface area (Å²) in [6, 6.07) is 4.87. The average Bonchev–Trinajstić information content (AvgIpc) is 3.32. The van der Waals surface area contributed by atoms with E-state index < -0.39 is 0 Å². The molecule has 1 amide bonds. The van der Waals surface area contributed by atoms with Gasteiger partial charge in [0.25, 0.3) is 11.1 Å². The van der Waals surface area contributed by atoms with Crippen LogP contribution in [-0.4, -0.2) is 36.1 Å². The molecule has 2 aromatic heterocycles. The molecule has 0 spiro atoms. The van der Waals surface area contributed by atoms with Crippen LogP contribution < -0.4 is 20.1 Å². The molecule has 2 aliphatic rings. The van der Waals surface area contributed by atoms with Crippen LogP contribution >= 0.6 is 22.7 Å². The number of amides is 1. The van der Waals surface area contributed by atoms with Crippen LogP contribution in [0.1, 0.15) is 28.9 Å². The lowest BCUT2D eigenvalue weighted by molar-refractivity contribution is 0.0935. The van der Waals surface area contributed by atoms with Crippen molar-refractivity contribution in [3.05, 3.63) is 23.2 Å². The second-order valence-corrected chi connectivity index (χ2v) is 7.74. The van der Waals surface area contributed by atoms with Crippen LogP contribution in [0.2, 0.25) is 0 Å². The Morgan fingerprint density at radius 1 is 1.35 bits per heavy atom. The Balaban J connectivity index is 1.38. The molecule has 2 aromatic rings. The van der Waals surface area contributed by atoms with E-state index in [4.69, 9.17) is 9.47 Å². The van der Waals surface area contributed by atoms with Crippen molar-refractivity contribution in [3.63, 3.8) is 0 Å². The first-order valence-electron chi connectivity index (χ1n) is 7.55. The Bertz CT molecular complexity index is 714. The molecule has 0 radical (unpaired) electrons. The van der Waals surface area contributed by atoms with Crippen molar-refractivity contribution < 1.29 is 14.3 Å². The van der Waals surface area contributed by atoms with Gasteiger partial charge in [-0.2, -0.15) is 0 Å². The van der Waals surface area contributed by atoms with Gasteiger partial charge in [-0.15, -0.1) is 0 Å². The number of nitrogens with one attached hydrogen (secondary N) is 2. The van der Waals surface area contributed by atoms with Crippen molar-refractivity contribution in [2.75, 3.05) is 7.11 Å². The first kappa shape index (κ1) is 14.9. The quantitative estimate of drug-likeness (QED) is 0.866. The van der Waals surface area contributed by atoms with Gasteiger partial charge in [0.2, 0.25) is 5.06 Å². The van der Waals surface area contributed by atoms with Gasteiger partial charge in [-0.25, -0.2) is 4.98 Å². The van der Waals surface area contributed by atoms with Gasteiger partial charge in [0.15, 0.2) is 5.06 Å². The van der Waals surface area contributed by atoms with Gasteiger partial charge in [-0.3, -0.25) is 4.79 Å². The predicted octanol–water partition coefficient (Wildman–Crippen LogP) is 2.63. The summed E-state index contributed by atoms with van der Waals surface area (Å²) in [6.45, 7) is 0. The lowest BCUT2D eigenvalue weighted by Gasteiger charge is -2.20. The lowest BCUT2D eigenvalue weighted by Crippen LogP contribution is -2.42. The maximum Gasteiger partial charge on any atom is 0.276 e. The highest BCUT2D eigenvalue weighted by atomic mass is 32.1. The largest absolute Gasteiger partial charge is 0.473 e. The highest BCUT2D eigenvalue weighted by Crippen LogP contribution is 2.35. The molecular weight excluding hydrogens is 334 g/mol. The van der Waals surface area contributed by atoms with Crippen LogP contribution in [-0.2, 0) is 0 Å². The molecule has 0 saturated carbocycles. The van der Waals surface area contributed by atoms with Crippen LogP contribution in [0.15, 0.2) is 18.3 Å². The van der Waals surface area contributed by atoms with Crippen LogP contribution in [0.5, 0.6) is 15.3 Å². The van der Waals surface area contributed by atoms with E-state index in [0.717, 1.165) is 12.8 Å². The van der Waals surface area contributed by atoms with E-state index in [1.807, 2.05) is 6.07 Å². The van der Waals surface area contributed by atoms with Crippen molar-refractivity contribution in [3.8, 4) is 15.3 Å². The number of hydrogen-bond acceptors (Lipinski definition) is 7. The third-order valence-electron chi connectivity index (χ3n) is 4.26. The van der Waals surface area contributed by atoms with Gasteiger partial charge < -0.3 is 20.1 Å². The lowest BCUT2D eigenvalue weighted by atomic mass is 9.95. The summed E-state index contributed by atoms with van der Waals surface area (Å²) in [6.07, 6.45) is 5.03. The molecule has 0 aromatic carbocycles. The molecule has 8 heteroatoms. The molecule has 2 bridgehead atoms. The molecule has 4 rings (SSSR count). The summed E-state index contributed by atoms with van der Waals surface area (Å²) < 4.78 is 10.7. The number of carbonyl (C=O) groups is 1. The Hall–Kier alpha value is -1.64. The number of fused-ring (bicyclic) bond motifs is 2. The van der Waals surface area contributed by atoms with Gasteiger partial charge in [0, 0.05) is 18.1 Å². The van der Waals surface area contributed by atoms with E-state index in [1.165, 1.54) is 29.1 Å². The fraction of sp³-hybridized carbons (Fsp3) is 0.467. The molecule has 122 valence electrons. The molecule has 0 unspecified atom stereocenters. The maximum atomic E-state index is 12.4. The minimum Gasteiger partial charge on any atom is -0.473 e. The molecule has 2 saturated heterocycles. The summed E-state index contributed by atoms with van der Waals surface area (Å²) >= 11 is 2.66. The molecule has 0 aliphatic carbocycles. The zero-order valence-corrected chi connectivity index (χ0v) is 14.2. The Labute approximate surface area is 141 Å². The van der Waals surface area contributed by atoms with Crippen molar-refractivity contribution in [1.82, 2.24) is 15.6 Å². The SMILES string of the molecule is COc1ncc(Oc2ccc(C(=O)N[C@@H]3C[C@H]4CC[C@@H]3N4)s2)s1. The number of rotatable bonds is 5. The van der Waals surface area contributed by atoms with E-state index >= 15 is 0 Å². The van der Waals surface area contributed by atoms with Gasteiger partial charge in [-0.1, -0.05) is 11.3 Å². The topological polar surface area (TPSA) is 72.5 Å². The highest BCUT2D eigenvalue weighted by Gasteiger charge is 2.39. The second kappa shape index (κ2) is 6.10. The molecule has 6 nitrogen and oxygen atoms in total. The third kappa shape index (κ3) is 3.06. The molecule has 3 atom stereocenters.